The maximum atomic E-state index is 12.7. The van der Waals surface area contributed by atoms with Crippen LogP contribution in [0.3, 0.4) is 0 Å². The van der Waals surface area contributed by atoms with Gasteiger partial charge in [0.05, 0.1) is 23.7 Å². The van der Waals surface area contributed by atoms with Crippen LogP contribution in [0.2, 0.25) is 0 Å². The average molecular weight is 433 g/mol. The number of allylic oxidation sites excluding steroid dienone is 1. The highest BCUT2D eigenvalue weighted by atomic mass is 32.2. The summed E-state index contributed by atoms with van der Waals surface area (Å²) in [6, 6.07) is 16.1. The van der Waals surface area contributed by atoms with E-state index in [1.165, 1.54) is 4.90 Å². The molecule has 0 aliphatic carbocycles. The van der Waals surface area contributed by atoms with Crippen LogP contribution < -0.4 is 5.32 Å². The molecule has 2 aromatic carbocycles. The first-order valence-corrected chi connectivity index (χ1v) is 11.6. The fourth-order valence-corrected chi connectivity index (χ4v) is 5.24. The molecule has 1 amide bonds. The summed E-state index contributed by atoms with van der Waals surface area (Å²) < 4.78 is 5.67. The number of nitrogens with zero attached hydrogens (tertiary/aromatic N) is 1. The molecule has 1 N–H and O–H groups in total. The minimum absolute atomic E-state index is 0.0167. The van der Waals surface area contributed by atoms with E-state index in [9.17, 15) is 4.79 Å². The Kier molecular flexibility index (Phi) is 5.19. The number of nitrogens with one attached hydrogen (secondary N) is 1. The van der Waals surface area contributed by atoms with Gasteiger partial charge in [-0.25, -0.2) is 4.99 Å². The van der Waals surface area contributed by atoms with Crippen molar-refractivity contribution in [3.63, 3.8) is 0 Å². The molecule has 0 bridgehead atoms. The monoisotopic (exact) mass is 432 g/mol. The third kappa shape index (κ3) is 3.80. The Morgan fingerprint density at radius 3 is 2.90 bits per heavy atom. The van der Waals surface area contributed by atoms with E-state index < -0.39 is 0 Å². The average Bonchev–Trinajstić information content (AvgIpc) is 3.40. The second-order valence-electron chi connectivity index (χ2n) is 7.25. The van der Waals surface area contributed by atoms with Gasteiger partial charge in [0, 0.05) is 38.3 Å². The van der Waals surface area contributed by atoms with Gasteiger partial charge in [-0.2, -0.15) is 11.3 Å². The topological polar surface area (TPSA) is 50.7 Å². The molecular formula is C24H20N2O2S2. The first-order valence-electron chi connectivity index (χ1n) is 9.81. The molecule has 0 radical (unpaired) electrons. The largest absolute Gasteiger partial charge is 0.493 e. The van der Waals surface area contributed by atoms with Gasteiger partial charge in [-0.3, -0.25) is 4.79 Å². The zero-order valence-electron chi connectivity index (χ0n) is 16.4. The van der Waals surface area contributed by atoms with Crippen molar-refractivity contribution in [2.24, 2.45) is 4.99 Å². The van der Waals surface area contributed by atoms with E-state index in [4.69, 9.17) is 9.73 Å². The maximum absolute atomic E-state index is 12.7. The fourth-order valence-electron chi connectivity index (χ4n) is 3.59. The Labute approximate surface area is 183 Å². The standard InChI is InChI=1S/C24H20N2O2S2/c1-15-6-8-18(28-15)13-25-24(27)16-7-9-22-20(12-16)26-23(17-10-11-29-14-17)19-4-2-3-5-21(19)30-22/h2-7,9-12,14,18H,8,13H2,1H3,(H,25,27). The van der Waals surface area contributed by atoms with Gasteiger partial charge >= 0.3 is 0 Å². The van der Waals surface area contributed by atoms with Crippen molar-refractivity contribution in [1.29, 1.82) is 0 Å². The Morgan fingerprint density at radius 2 is 2.10 bits per heavy atom. The molecule has 0 fully saturated rings. The second-order valence-corrected chi connectivity index (χ2v) is 9.12. The Balaban J connectivity index is 1.45. The van der Waals surface area contributed by atoms with E-state index in [2.05, 4.69) is 40.4 Å². The summed E-state index contributed by atoms with van der Waals surface area (Å²) in [4.78, 5) is 20.0. The number of hydrogen-bond donors (Lipinski definition) is 1. The molecule has 4 nitrogen and oxygen atoms in total. The molecule has 0 saturated carbocycles. The lowest BCUT2D eigenvalue weighted by molar-refractivity contribution is 0.0903. The number of carbonyl (C=O) groups excluding carboxylic acids is 1. The summed E-state index contributed by atoms with van der Waals surface area (Å²) >= 11 is 3.34. The van der Waals surface area contributed by atoms with Crippen molar-refractivity contribution in [2.45, 2.75) is 29.2 Å². The first-order chi connectivity index (χ1) is 14.7. The lowest BCUT2D eigenvalue weighted by Gasteiger charge is -2.13. The number of fused-ring (bicyclic) bond motifs is 2. The number of hydrogen-bond acceptors (Lipinski definition) is 5. The molecule has 2 aliphatic rings. The van der Waals surface area contributed by atoms with Crippen LogP contribution in [0.4, 0.5) is 5.69 Å². The van der Waals surface area contributed by atoms with E-state index in [0.29, 0.717) is 12.1 Å². The molecule has 2 aliphatic heterocycles. The van der Waals surface area contributed by atoms with Crippen molar-refractivity contribution >= 4 is 40.4 Å². The summed E-state index contributed by atoms with van der Waals surface area (Å²) in [5, 5.41) is 7.16. The van der Waals surface area contributed by atoms with Crippen LogP contribution in [-0.2, 0) is 4.74 Å². The van der Waals surface area contributed by atoms with Crippen molar-refractivity contribution in [3.8, 4) is 0 Å². The van der Waals surface area contributed by atoms with Crippen LogP contribution in [0, 0.1) is 0 Å². The van der Waals surface area contributed by atoms with Crippen molar-refractivity contribution in [1.82, 2.24) is 5.32 Å². The number of rotatable bonds is 4. The molecule has 3 aromatic rings. The molecule has 6 heteroatoms. The number of thiophene rings is 1. The molecule has 0 saturated heterocycles. The number of ether oxygens (including phenoxy) is 1. The lowest BCUT2D eigenvalue weighted by atomic mass is 10.0. The lowest BCUT2D eigenvalue weighted by Crippen LogP contribution is -2.31. The summed E-state index contributed by atoms with van der Waals surface area (Å²) in [6.45, 7) is 2.43. The predicted octanol–water partition coefficient (Wildman–Crippen LogP) is 5.80. The van der Waals surface area contributed by atoms with Gasteiger partial charge in [0.25, 0.3) is 5.91 Å². The summed E-state index contributed by atoms with van der Waals surface area (Å²) in [6.07, 6.45) is 2.90. The van der Waals surface area contributed by atoms with Crippen LogP contribution in [-0.4, -0.2) is 24.3 Å². The van der Waals surface area contributed by atoms with E-state index in [0.717, 1.165) is 39.6 Å². The predicted molar refractivity (Wildman–Crippen MR) is 122 cm³/mol. The minimum atomic E-state index is -0.106. The number of carbonyl (C=O) groups is 1. The molecular weight excluding hydrogens is 412 g/mol. The quantitative estimate of drug-likeness (QED) is 0.443. The van der Waals surface area contributed by atoms with Crippen molar-refractivity contribution in [2.75, 3.05) is 6.54 Å². The van der Waals surface area contributed by atoms with E-state index >= 15 is 0 Å². The van der Waals surface area contributed by atoms with Gasteiger partial charge in [0.15, 0.2) is 0 Å². The molecule has 1 atom stereocenters. The Hall–Kier alpha value is -2.83. The third-order valence-electron chi connectivity index (χ3n) is 5.12. The highest BCUT2D eigenvalue weighted by Crippen LogP contribution is 2.41. The smallest absolute Gasteiger partial charge is 0.251 e. The molecule has 150 valence electrons. The van der Waals surface area contributed by atoms with Gasteiger partial charge in [-0.05, 0) is 48.7 Å². The van der Waals surface area contributed by atoms with Gasteiger partial charge in [0.1, 0.15) is 6.10 Å². The van der Waals surface area contributed by atoms with Gasteiger partial charge in [-0.1, -0.05) is 30.0 Å². The zero-order chi connectivity index (χ0) is 20.5. The van der Waals surface area contributed by atoms with Crippen molar-refractivity contribution in [3.05, 3.63) is 87.8 Å². The molecule has 0 spiro atoms. The summed E-state index contributed by atoms with van der Waals surface area (Å²) in [7, 11) is 0. The maximum Gasteiger partial charge on any atom is 0.251 e. The van der Waals surface area contributed by atoms with Crippen LogP contribution in [0.15, 0.2) is 85.9 Å². The number of amides is 1. The van der Waals surface area contributed by atoms with E-state index in [-0.39, 0.29) is 12.0 Å². The normalized spacial score (nSPS) is 17.2. The van der Waals surface area contributed by atoms with E-state index in [1.807, 2.05) is 37.3 Å². The second kappa shape index (κ2) is 8.13. The van der Waals surface area contributed by atoms with Gasteiger partial charge in [0.2, 0.25) is 0 Å². The van der Waals surface area contributed by atoms with Crippen LogP contribution in [0.1, 0.15) is 34.8 Å². The fraction of sp³-hybridized carbons (Fsp3) is 0.167. The minimum Gasteiger partial charge on any atom is -0.493 e. The van der Waals surface area contributed by atoms with Gasteiger partial charge in [-0.15, -0.1) is 0 Å². The summed E-state index contributed by atoms with van der Waals surface area (Å²) in [5.74, 6) is 0.816. The SMILES string of the molecule is CC1=CCC(CNC(=O)c2ccc3c(c2)N=C(c2ccsc2)c2ccccc2S3)O1. The third-order valence-corrected chi connectivity index (χ3v) is 6.95. The number of aliphatic imine (C=N–C) groups is 1. The highest BCUT2D eigenvalue weighted by molar-refractivity contribution is 7.99. The zero-order valence-corrected chi connectivity index (χ0v) is 18.1. The Morgan fingerprint density at radius 1 is 1.20 bits per heavy atom. The molecule has 1 unspecified atom stereocenters. The molecule has 5 rings (SSSR count). The van der Waals surface area contributed by atoms with Crippen LogP contribution in [0.5, 0.6) is 0 Å². The van der Waals surface area contributed by atoms with Crippen LogP contribution in [0.25, 0.3) is 0 Å². The Bertz CT molecular complexity index is 1170. The summed E-state index contributed by atoms with van der Waals surface area (Å²) in [5.41, 5.74) is 4.58. The molecule has 3 heterocycles. The van der Waals surface area contributed by atoms with Crippen LogP contribution >= 0.6 is 23.1 Å². The number of benzene rings is 2. The molecule has 1 aromatic heterocycles. The first kappa shape index (κ1) is 19.2. The van der Waals surface area contributed by atoms with Crippen molar-refractivity contribution < 1.29 is 9.53 Å². The van der Waals surface area contributed by atoms with E-state index in [1.54, 1.807) is 23.1 Å². The highest BCUT2D eigenvalue weighted by Gasteiger charge is 2.21. The van der Waals surface area contributed by atoms with Gasteiger partial charge < -0.3 is 10.1 Å². The molecule has 30 heavy (non-hydrogen) atoms.